The van der Waals surface area contributed by atoms with Crippen LogP contribution in [0.25, 0.3) is 0 Å². The van der Waals surface area contributed by atoms with Gasteiger partial charge in [-0.05, 0) is 0 Å². The van der Waals surface area contributed by atoms with Crippen LogP contribution in [0, 0.1) is 0 Å². The number of aliphatic hydroxyl groups excluding tert-OH is 1. The van der Waals surface area contributed by atoms with Crippen molar-refractivity contribution in [2.24, 2.45) is 0 Å². The van der Waals surface area contributed by atoms with Gasteiger partial charge >= 0.3 is 37.7 Å². The van der Waals surface area contributed by atoms with Crippen molar-refractivity contribution in [3.63, 3.8) is 0 Å². The summed E-state index contributed by atoms with van der Waals surface area (Å²) in [5.41, 5.74) is 0. The average molecular weight is 278 g/mol. The van der Waals surface area contributed by atoms with Gasteiger partial charge in [0, 0.05) is 0 Å². The Kier molecular flexibility index (Phi) is 19.5. The summed E-state index contributed by atoms with van der Waals surface area (Å²) in [6.07, 6.45) is 0. The summed E-state index contributed by atoms with van der Waals surface area (Å²) >= 11 is 0. The summed E-state index contributed by atoms with van der Waals surface area (Å²) in [4.78, 5) is 22.9. The number of nitrogens with zero attached hydrogens (tertiary/aromatic N) is 1. The normalized spacial score (nSPS) is 10.2. The fourth-order valence-electron chi connectivity index (χ4n) is 0.300. The Bertz CT molecular complexity index is 150. The maximum Gasteiger partial charge on any atom is 2.00 e. The van der Waals surface area contributed by atoms with Gasteiger partial charge in [0.25, 0.3) is 7.82 Å². The van der Waals surface area contributed by atoms with Crippen LogP contribution in [0.15, 0.2) is 0 Å². The van der Waals surface area contributed by atoms with E-state index in [9.17, 15) is 0 Å². The van der Waals surface area contributed by atoms with Gasteiger partial charge in [-0.25, -0.2) is 0 Å². The largest absolute Gasteiger partial charge is 2.00 e. The zero-order chi connectivity index (χ0) is 10.4. The Morgan fingerprint density at radius 3 is 1.50 bits per heavy atom. The smallest absolute Gasteiger partial charge is 0.756 e. The van der Waals surface area contributed by atoms with Gasteiger partial charge in [0.15, 0.2) is 0 Å². The van der Waals surface area contributed by atoms with E-state index in [1.165, 1.54) is 0 Å². The maximum absolute atomic E-state index is 8.77. The van der Waals surface area contributed by atoms with E-state index in [4.69, 9.17) is 24.4 Å². The Balaban J connectivity index is -0.0000000651. The molecule has 0 aliphatic carbocycles. The quantitative estimate of drug-likeness (QED) is 0.313. The van der Waals surface area contributed by atoms with Gasteiger partial charge < -0.3 is 24.3 Å². The van der Waals surface area contributed by atoms with Crippen LogP contribution in [0.2, 0.25) is 0 Å². The molecule has 0 saturated carbocycles. The SMILES string of the molecule is C[N+](C)(C)CCO.Cl.O=P([O-])(O)O.[Ca+2]. The molecule has 0 spiro atoms. The summed E-state index contributed by atoms with van der Waals surface area (Å²) in [7, 11) is 1.27. The molecule has 0 rings (SSSR count). The van der Waals surface area contributed by atoms with Gasteiger partial charge in [0.05, 0.1) is 27.7 Å². The van der Waals surface area contributed by atoms with E-state index < -0.39 is 7.82 Å². The molecule has 3 N–H and O–H groups in total. The van der Waals surface area contributed by atoms with Crippen molar-refractivity contribution in [1.82, 2.24) is 0 Å². The molecule has 6 nitrogen and oxygen atoms in total. The number of hydrogen-bond acceptors (Lipinski definition) is 3. The first kappa shape index (κ1) is 24.7. The van der Waals surface area contributed by atoms with Crippen LogP contribution in [0.1, 0.15) is 0 Å². The summed E-state index contributed by atoms with van der Waals surface area (Å²) in [5.74, 6) is 0. The van der Waals surface area contributed by atoms with Gasteiger partial charge in [0.1, 0.15) is 6.54 Å². The average Bonchev–Trinajstić information content (AvgIpc) is 1.54. The number of likely N-dealkylation sites (N-methyl/N-ethyl adjacent to an activating group) is 1. The molecule has 0 radical (unpaired) electrons. The Morgan fingerprint density at radius 2 is 1.50 bits per heavy atom. The molecule has 84 valence electrons. The van der Waals surface area contributed by atoms with Crippen molar-refractivity contribution in [3.05, 3.63) is 0 Å². The Labute approximate surface area is 120 Å². The van der Waals surface area contributed by atoms with Crippen LogP contribution in [0.4, 0.5) is 0 Å². The topological polar surface area (TPSA) is 101 Å². The second-order valence-electron chi connectivity index (χ2n) is 3.23. The van der Waals surface area contributed by atoms with E-state index in [-0.39, 0.29) is 56.8 Å². The summed E-state index contributed by atoms with van der Waals surface area (Å²) in [5, 5.41) is 8.39. The van der Waals surface area contributed by atoms with Crippen molar-refractivity contribution >= 4 is 58.0 Å². The van der Waals surface area contributed by atoms with Crippen molar-refractivity contribution in [2.45, 2.75) is 0 Å². The number of halogens is 1. The molecule has 0 amide bonds. The molecule has 0 aromatic rings. The first-order chi connectivity index (χ1) is 5.06. The van der Waals surface area contributed by atoms with Crippen molar-refractivity contribution in [3.8, 4) is 0 Å². The number of rotatable bonds is 2. The Morgan fingerprint density at radius 1 is 1.29 bits per heavy atom. The minimum Gasteiger partial charge on any atom is -0.756 e. The third kappa shape index (κ3) is 69.0. The third-order valence-electron chi connectivity index (χ3n) is 0.771. The predicted octanol–water partition coefficient (Wildman–Crippen LogP) is -1.83. The number of quaternary nitrogens is 1. The molecular weight excluding hydrogens is 261 g/mol. The van der Waals surface area contributed by atoms with E-state index in [0.29, 0.717) is 0 Å². The molecule has 0 aliphatic rings. The fraction of sp³-hybridized carbons (Fsp3) is 1.00. The van der Waals surface area contributed by atoms with Crippen LogP contribution in [-0.4, -0.2) is 91.4 Å². The first-order valence-electron chi connectivity index (χ1n) is 3.24. The molecule has 9 heteroatoms. The monoisotopic (exact) mass is 277 g/mol. The van der Waals surface area contributed by atoms with Crippen molar-refractivity contribution in [2.75, 3.05) is 34.3 Å². The van der Waals surface area contributed by atoms with E-state index in [1.54, 1.807) is 0 Å². The number of phosphoric acid groups is 1. The number of hydrogen-bond donors (Lipinski definition) is 3. The molecule has 0 bridgehead atoms. The van der Waals surface area contributed by atoms with Gasteiger partial charge in [-0.1, -0.05) is 0 Å². The van der Waals surface area contributed by atoms with E-state index >= 15 is 0 Å². The second kappa shape index (κ2) is 11.1. The molecule has 0 unspecified atom stereocenters. The Hall–Kier alpha value is 1.58. The molecule has 0 aromatic carbocycles. The standard InChI is InChI=1S/C5H14NO.Ca.ClH.H3O4P/c1-6(2,3)4-5-7;;;1-5(2,3)4/h7H,4-5H2,1-3H3;;1H;(H3,1,2,3,4)/q+1;+2;;/p-1. The van der Waals surface area contributed by atoms with E-state index in [1.807, 2.05) is 0 Å². The molecule has 0 aromatic heterocycles. The summed E-state index contributed by atoms with van der Waals surface area (Å²) in [6, 6.07) is 0. The third-order valence-corrected chi connectivity index (χ3v) is 0.771. The van der Waals surface area contributed by atoms with Crippen LogP contribution in [0.3, 0.4) is 0 Å². The molecule has 0 heterocycles. The molecule has 0 saturated heterocycles. The van der Waals surface area contributed by atoms with Crippen LogP contribution < -0.4 is 4.89 Å². The molecule has 14 heavy (non-hydrogen) atoms. The van der Waals surface area contributed by atoms with E-state index in [0.717, 1.165) is 11.0 Å². The molecular formula is C5H17CaClNO5P+2. The minimum absolute atomic E-state index is 0. The predicted molar refractivity (Wildman–Crippen MR) is 55.0 cm³/mol. The van der Waals surface area contributed by atoms with Gasteiger partial charge in [-0.3, -0.25) is 4.57 Å². The molecule has 0 atom stereocenters. The zero-order valence-corrected chi connectivity index (χ0v) is 12.5. The summed E-state index contributed by atoms with van der Waals surface area (Å²) < 4.78 is 9.61. The minimum atomic E-state index is -4.89. The van der Waals surface area contributed by atoms with Crippen LogP contribution in [-0.2, 0) is 4.57 Å². The summed E-state index contributed by atoms with van der Waals surface area (Å²) in [6.45, 7) is 1.11. The van der Waals surface area contributed by atoms with Crippen LogP contribution >= 0.6 is 20.2 Å². The molecule has 0 aliphatic heterocycles. The fourth-order valence-corrected chi connectivity index (χ4v) is 0.300. The second-order valence-corrected chi connectivity index (χ2v) is 4.21. The van der Waals surface area contributed by atoms with E-state index in [2.05, 4.69) is 21.1 Å². The maximum atomic E-state index is 8.77. The van der Waals surface area contributed by atoms with Gasteiger partial charge in [0.2, 0.25) is 0 Å². The zero-order valence-electron chi connectivity index (χ0n) is 8.58. The first-order valence-corrected chi connectivity index (χ1v) is 4.77. The van der Waals surface area contributed by atoms with Gasteiger partial charge in [-0.15, -0.1) is 12.4 Å². The van der Waals surface area contributed by atoms with Crippen molar-refractivity contribution in [1.29, 1.82) is 0 Å². The number of aliphatic hydroxyl groups is 1. The molecule has 0 fully saturated rings. The van der Waals surface area contributed by atoms with Crippen molar-refractivity contribution < 1.29 is 28.8 Å². The van der Waals surface area contributed by atoms with Crippen LogP contribution in [0.5, 0.6) is 0 Å². The van der Waals surface area contributed by atoms with Gasteiger partial charge in [-0.2, -0.15) is 0 Å².